The highest BCUT2D eigenvalue weighted by atomic mass is 19.4. The molecule has 12 atom stereocenters. The largest absolute Gasteiger partial charge is 0.397 e. The predicted molar refractivity (Wildman–Crippen MR) is 384 cm³/mol. The summed E-state index contributed by atoms with van der Waals surface area (Å²) in [7, 11) is 9.75. The minimum absolute atomic E-state index is 0.00260. The van der Waals surface area contributed by atoms with Gasteiger partial charge in [-0.05, 0) is 139 Å². The summed E-state index contributed by atoms with van der Waals surface area (Å²) in [4.78, 5) is 177. The highest BCUT2D eigenvalue weighted by Crippen LogP contribution is 2.46. The normalized spacial score (nSPS) is 32.2. The summed E-state index contributed by atoms with van der Waals surface area (Å²) in [5.41, 5.74) is -1.63. The van der Waals surface area contributed by atoms with Crippen molar-refractivity contribution in [3.63, 3.8) is 0 Å². The Morgan fingerprint density at radius 3 is 1.80 bits per heavy atom. The molecular formula is C76H119F8N11O13. The van der Waals surface area contributed by atoms with Crippen molar-refractivity contribution in [3.8, 4) is 0 Å². The van der Waals surface area contributed by atoms with E-state index in [0.29, 0.717) is 38.5 Å². The number of rotatable bonds is 15. The Labute approximate surface area is 630 Å². The summed E-state index contributed by atoms with van der Waals surface area (Å²) in [5.74, 6) is -15.6. The zero-order valence-corrected chi connectivity index (χ0v) is 65.2. The van der Waals surface area contributed by atoms with Crippen molar-refractivity contribution in [1.29, 1.82) is 0 Å². The van der Waals surface area contributed by atoms with Gasteiger partial charge in [-0.2, -0.15) is 26.3 Å². The summed E-state index contributed by atoms with van der Waals surface area (Å²) in [6, 6.07) is -10.5. The van der Waals surface area contributed by atoms with Gasteiger partial charge in [0.1, 0.15) is 66.1 Å². The van der Waals surface area contributed by atoms with Crippen LogP contribution in [0.25, 0.3) is 0 Å². The Morgan fingerprint density at radius 2 is 1.23 bits per heavy atom. The first-order chi connectivity index (χ1) is 50.9. The second-order valence-corrected chi connectivity index (χ2v) is 31.7. The topological polar surface area (TPSA) is 268 Å². The zero-order valence-electron chi connectivity index (χ0n) is 65.2. The number of methoxy groups -OCH3 is 1. The van der Waals surface area contributed by atoms with Crippen LogP contribution in [0.2, 0.25) is 0 Å². The van der Waals surface area contributed by atoms with E-state index >= 15 is 42.3 Å². The van der Waals surface area contributed by atoms with Gasteiger partial charge in [0.15, 0.2) is 0 Å². The van der Waals surface area contributed by atoms with Crippen LogP contribution >= 0.6 is 0 Å². The average molecular weight is 1550 g/mol. The van der Waals surface area contributed by atoms with Crippen LogP contribution in [0, 0.1) is 41.4 Å². The van der Waals surface area contributed by atoms with Crippen LogP contribution in [0.1, 0.15) is 189 Å². The summed E-state index contributed by atoms with van der Waals surface area (Å²) in [5, 5.41) is 8.47. The molecule has 7 rings (SSSR count). The number of ether oxygens (including phenoxy) is 2. The van der Waals surface area contributed by atoms with Gasteiger partial charge >= 0.3 is 12.4 Å². The standard InChI is InChI=1S/C76H119F8N11O13/c1-13-45(5)64-71(104)89(7)43-62(98)90(8)55-26-21-18-22-35-94(70(55)103)58(38-46-27-30-50(31-28-46)75(79,80)81)69(102)88(6)42-60(96)85-54(32-29-47-36-52(77)63(53(78)37-47)76(82,83)84)68(101)95-41-51(108-16-4)39-57(95)67(100)87-74(33-23-34-74)73(106)93(11)65(48(14-2)15-3)72(105)92(10)56(49-24-19-17-20-25-49)40-61(97)91(9)59(44-107-12)66(99)86-64/h18,21,45-59,63-65H,13-17,19-20,22-44H2,1-12H3,(H,85,96)(H,86,99)(H,87,100)/b21-18-/t45-,46?,47?,50?,51+,52?,53?,54-,55-,56+,57-,58-,59-,63?,64-,65-/m0/s1. The molecule has 0 aromatic rings. The number of hydrogen-bond donors (Lipinski definition) is 3. The second-order valence-electron chi connectivity index (χ2n) is 31.7. The van der Waals surface area contributed by atoms with Crippen LogP contribution in [0.15, 0.2) is 12.2 Å². The SMILES string of the molecule is CCO[C@@H]1C[C@H]2C(=O)NC3(CCC3)C(=O)N(C)[C@@H](C(CC)CC)C(=O)N(C)[C@@H](C3CCCCC3)CC(=O)N(C)[C@@H](COC)C(=O)N[C@@H]([C@@H](C)CC)C(=O)N(C)CC(=O)N(C)[C@H]3C/C=C\CCN(C3=O)[C@@H](CC3CCC(C(F)(F)F)CC3)C(=O)N(C)CC(=O)N[C@@H](CCC3CC(F)C(C(F)(F)F)C(F)C3)C(=O)N2C1. The number of carbonyl (C=O) groups is 11. The second kappa shape index (κ2) is 39.0. The molecule has 24 nitrogen and oxygen atoms in total. The molecule has 2 saturated heterocycles. The van der Waals surface area contributed by atoms with Gasteiger partial charge in [0, 0.05) is 88.0 Å². The number of halogens is 8. The van der Waals surface area contributed by atoms with Gasteiger partial charge in [-0.3, -0.25) is 52.7 Å². The fourth-order valence-electron chi connectivity index (χ4n) is 17.6. The van der Waals surface area contributed by atoms with E-state index in [-0.39, 0.29) is 109 Å². The van der Waals surface area contributed by atoms with Crippen molar-refractivity contribution in [2.75, 3.05) is 88.8 Å². The maximum Gasteiger partial charge on any atom is 0.397 e. The molecule has 2 bridgehead atoms. The van der Waals surface area contributed by atoms with Crippen molar-refractivity contribution in [2.24, 2.45) is 41.4 Å². The Morgan fingerprint density at radius 1 is 0.602 bits per heavy atom. The fraction of sp³-hybridized carbons (Fsp3) is 0.829. The van der Waals surface area contributed by atoms with Gasteiger partial charge < -0.3 is 64.6 Å². The highest BCUT2D eigenvalue weighted by molar-refractivity contribution is 6.00. The first kappa shape index (κ1) is 88.5. The fourth-order valence-corrected chi connectivity index (χ4v) is 17.6. The van der Waals surface area contributed by atoms with Gasteiger partial charge in [-0.15, -0.1) is 0 Å². The van der Waals surface area contributed by atoms with Crippen molar-refractivity contribution in [1.82, 2.24) is 55.1 Å². The number of alkyl halides is 8. The molecule has 3 aliphatic heterocycles. The molecule has 3 N–H and O–H groups in total. The molecule has 2 unspecified atom stereocenters. The van der Waals surface area contributed by atoms with E-state index in [1.165, 1.54) is 61.9 Å². The molecule has 32 heteroatoms. The molecule has 11 amide bonds. The van der Waals surface area contributed by atoms with Gasteiger partial charge in [0.05, 0.1) is 31.7 Å². The van der Waals surface area contributed by atoms with Crippen molar-refractivity contribution >= 4 is 65.0 Å². The van der Waals surface area contributed by atoms with Crippen LogP contribution in [0.5, 0.6) is 0 Å². The number of likely N-dealkylation sites (N-methyl/N-ethyl adjacent to an activating group) is 6. The Hall–Kier alpha value is -6.73. The van der Waals surface area contributed by atoms with E-state index in [1.54, 1.807) is 40.0 Å². The Kier molecular flexibility index (Phi) is 31.9. The maximum absolute atomic E-state index is 15.7. The van der Waals surface area contributed by atoms with Gasteiger partial charge in [-0.1, -0.05) is 78.4 Å². The van der Waals surface area contributed by atoms with Gasteiger partial charge in [0.25, 0.3) is 0 Å². The molecule has 0 aromatic heterocycles. The maximum atomic E-state index is 15.7. The molecular weight excluding hydrogens is 1430 g/mol. The molecule has 7 aliphatic rings. The minimum atomic E-state index is -5.21. The summed E-state index contributed by atoms with van der Waals surface area (Å²) in [6.07, 6.45) is -10.1. The monoisotopic (exact) mass is 1550 g/mol. The van der Waals surface area contributed by atoms with E-state index in [4.69, 9.17) is 9.47 Å². The van der Waals surface area contributed by atoms with Crippen LogP contribution in [-0.4, -0.2) is 278 Å². The molecule has 4 saturated carbocycles. The molecule has 108 heavy (non-hydrogen) atoms. The Balaban J connectivity index is 1.32. The number of nitrogens with zero attached hydrogens (tertiary/aromatic N) is 8. The molecule has 4 aliphatic carbocycles. The lowest BCUT2D eigenvalue weighted by molar-refractivity contribution is -0.219. The Bertz CT molecular complexity index is 3140. The number of fused-ring (bicyclic) bond motifs is 3. The van der Waals surface area contributed by atoms with Crippen molar-refractivity contribution < 1.29 is 97.3 Å². The van der Waals surface area contributed by atoms with Gasteiger partial charge in [-0.25, -0.2) is 8.78 Å². The summed E-state index contributed by atoms with van der Waals surface area (Å²) in [6.45, 7) is 6.80. The van der Waals surface area contributed by atoms with E-state index in [1.807, 2.05) is 13.8 Å². The number of nitrogens with one attached hydrogen (secondary N) is 3. The van der Waals surface area contributed by atoms with E-state index in [2.05, 4.69) is 16.0 Å². The lowest BCUT2D eigenvalue weighted by atomic mass is 9.74. The predicted octanol–water partition coefficient (Wildman–Crippen LogP) is 7.69. The minimum Gasteiger partial charge on any atom is -0.382 e. The number of hydrogen-bond acceptors (Lipinski definition) is 13. The molecule has 1 spiro atoms. The first-order valence-corrected chi connectivity index (χ1v) is 39.1. The molecule has 6 fully saturated rings. The summed E-state index contributed by atoms with van der Waals surface area (Å²) >= 11 is 0. The van der Waals surface area contributed by atoms with E-state index in [9.17, 15) is 45.5 Å². The van der Waals surface area contributed by atoms with Crippen LogP contribution < -0.4 is 16.0 Å². The zero-order chi connectivity index (χ0) is 80.0. The first-order valence-electron chi connectivity index (χ1n) is 39.1. The van der Waals surface area contributed by atoms with Crippen LogP contribution in [0.4, 0.5) is 35.1 Å². The van der Waals surface area contributed by atoms with E-state index < -0.39 is 218 Å². The van der Waals surface area contributed by atoms with Crippen LogP contribution in [-0.2, 0) is 62.2 Å². The number of amides is 11. The number of carbonyl (C=O) groups excluding carboxylic acids is 11. The van der Waals surface area contributed by atoms with Crippen molar-refractivity contribution in [3.05, 3.63) is 12.2 Å². The molecule has 0 aromatic carbocycles. The lowest BCUT2D eigenvalue weighted by Crippen LogP contribution is -2.68. The van der Waals surface area contributed by atoms with E-state index in [0.717, 1.165) is 38.9 Å². The molecule has 3 heterocycles. The lowest BCUT2D eigenvalue weighted by Gasteiger charge is -2.47. The van der Waals surface area contributed by atoms with Gasteiger partial charge in [0.2, 0.25) is 65.0 Å². The smallest absolute Gasteiger partial charge is 0.382 e. The molecule has 0 radical (unpaired) electrons. The average Bonchev–Trinajstić information content (AvgIpc) is 1.06. The van der Waals surface area contributed by atoms with Crippen molar-refractivity contribution in [2.45, 2.75) is 273 Å². The third kappa shape index (κ3) is 21.5. The summed E-state index contributed by atoms with van der Waals surface area (Å²) < 4.78 is 127. The third-order valence-electron chi connectivity index (χ3n) is 24.7. The van der Waals surface area contributed by atoms with Crippen LogP contribution in [0.3, 0.4) is 0 Å². The highest BCUT2D eigenvalue weighted by Gasteiger charge is 2.56. The molecule has 612 valence electrons. The third-order valence-corrected chi connectivity index (χ3v) is 24.7. The quantitative estimate of drug-likeness (QED) is 0.105.